The fourth-order valence-corrected chi connectivity index (χ4v) is 2.07. The van der Waals surface area contributed by atoms with Crippen LogP contribution in [0.1, 0.15) is 10.5 Å². The maximum atomic E-state index is 13.0. The van der Waals surface area contributed by atoms with Gasteiger partial charge in [0.2, 0.25) is 0 Å². The Balaban J connectivity index is 1.85. The van der Waals surface area contributed by atoms with Crippen molar-refractivity contribution in [3.63, 3.8) is 0 Å². The monoisotopic (exact) mass is 331 g/mol. The van der Waals surface area contributed by atoms with E-state index in [1.807, 2.05) is 0 Å². The van der Waals surface area contributed by atoms with Gasteiger partial charge < -0.3 is 11.1 Å². The number of benzene rings is 2. The quantitative estimate of drug-likeness (QED) is 0.772. The maximum absolute atomic E-state index is 13.0. The zero-order valence-corrected chi connectivity index (χ0v) is 12.5. The molecule has 1 aromatic heterocycles. The highest BCUT2D eigenvalue weighted by molar-refractivity contribution is 6.30. The van der Waals surface area contributed by atoms with Crippen LogP contribution in [0.25, 0.3) is 5.69 Å². The van der Waals surface area contributed by atoms with E-state index >= 15 is 0 Å². The van der Waals surface area contributed by atoms with Gasteiger partial charge in [-0.2, -0.15) is 4.68 Å². The van der Waals surface area contributed by atoms with E-state index < -0.39 is 5.91 Å². The number of carbonyl (C=O) groups excluding carboxylic acids is 1. The highest BCUT2D eigenvalue weighted by Gasteiger charge is 2.18. The molecule has 0 aliphatic rings. The van der Waals surface area contributed by atoms with Crippen LogP contribution in [-0.4, -0.2) is 20.9 Å². The van der Waals surface area contributed by atoms with Crippen molar-refractivity contribution in [2.75, 3.05) is 11.1 Å². The second-order valence-electron chi connectivity index (χ2n) is 4.67. The summed E-state index contributed by atoms with van der Waals surface area (Å²) in [5, 5.41) is 10.8. The van der Waals surface area contributed by atoms with Crippen molar-refractivity contribution < 1.29 is 9.18 Å². The summed E-state index contributed by atoms with van der Waals surface area (Å²) in [4.78, 5) is 12.2. The van der Waals surface area contributed by atoms with Gasteiger partial charge in [0.05, 0.1) is 5.69 Å². The predicted octanol–water partition coefficient (Wildman–Crippen LogP) is 2.89. The lowest BCUT2D eigenvalue weighted by Gasteiger charge is -2.05. The number of amides is 1. The SMILES string of the molecule is Nc1c(C(=O)Nc2ccc(Cl)cc2)nnn1-c1ccc(F)cc1. The molecule has 3 N–H and O–H groups in total. The molecule has 6 nitrogen and oxygen atoms in total. The van der Waals surface area contributed by atoms with E-state index in [0.29, 0.717) is 16.4 Å². The number of nitrogen functional groups attached to an aromatic ring is 1. The van der Waals surface area contributed by atoms with Crippen molar-refractivity contribution in [1.29, 1.82) is 0 Å². The Bertz CT molecular complexity index is 845. The van der Waals surface area contributed by atoms with Crippen LogP contribution in [0, 0.1) is 5.82 Å². The lowest BCUT2D eigenvalue weighted by Crippen LogP contribution is -2.15. The standard InChI is InChI=1S/C15H11ClFN5O/c16-9-1-5-11(6-2-9)19-15(23)13-14(18)22(21-20-13)12-7-3-10(17)4-8-12/h1-8H,18H2,(H,19,23). The Morgan fingerprint density at radius 1 is 1.13 bits per heavy atom. The molecule has 0 saturated heterocycles. The Morgan fingerprint density at radius 2 is 1.78 bits per heavy atom. The number of carbonyl (C=O) groups is 1. The largest absolute Gasteiger partial charge is 0.382 e. The summed E-state index contributed by atoms with van der Waals surface area (Å²) in [6.07, 6.45) is 0. The molecule has 0 radical (unpaired) electrons. The van der Waals surface area contributed by atoms with Crippen LogP contribution < -0.4 is 11.1 Å². The van der Waals surface area contributed by atoms with E-state index in [0.717, 1.165) is 0 Å². The summed E-state index contributed by atoms with van der Waals surface area (Å²) in [6, 6.07) is 12.1. The minimum atomic E-state index is -0.502. The van der Waals surface area contributed by atoms with E-state index in [9.17, 15) is 9.18 Å². The van der Waals surface area contributed by atoms with E-state index in [-0.39, 0.29) is 17.3 Å². The molecule has 3 aromatic rings. The third-order valence-corrected chi connectivity index (χ3v) is 3.35. The molecule has 0 spiro atoms. The van der Waals surface area contributed by atoms with Crippen molar-refractivity contribution >= 4 is 29.0 Å². The molecular weight excluding hydrogens is 321 g/mol. The average Bonchev–Trinajstić information content (AvgIpc) is 2.92. The number of nitrogens with one attached hydrogen (secondary N) is 1. The van der Waals surface area contributed by atoms with Gasteiger partial charge in [0.25, 0.3) is 5.91 Å². The molecule has 0 saturated carbocycles. The van der Waals surface area contributed by atoms with Crippen LogP contribution >= 0.6 is 11.6 Å². The summed E-state index contributed by atoms with van der Waals surface area (Å²) in [5.41, 5.74) is 6.94. The Kier molecular flexibility index (Phi) is 3.94. The molecule has 0 unspecified atom stereocenters. The van der Waals surface area contributed by atoms with Gasteiger partial charge in [0.15, 0.2) is 11.5 Å². The number of halogens is 2. The molecule has 0 aliphatic heterocycles. The smallest absolute Gasteiger partial charge is 0.280 e. The van der Waals surface area contributed by atoms with Crippen LogP contribution in [-0.2, 0) is 0 Å². The molecule has 2 aromatic carbocycles. The highest BCUT2D eigenvalue weighted by atomic mass is 35.5. The number of hydrogen-bond donors (Lipinski definition) is 2. The first-order valence-electron chi connectivity index (χ1n) is 6.58. The second-order valence-corrected chi connectivity index (χ2v) is 5.11. The summed E-state index contributed by atoms with van der Waals surface area (Å²) >= 11 is 5.79. The minimum Gasteiger partial charge on any atom is -0.382 e. The molecule has 116 valence electrons. The Hall–Kier alpha value is -2.93. The van der Waals surface area contributed by atoms with Crippen molar-refractivity contribution in [2.24, 2.45) is 0 Å². The highest BCUT2D eigenvalue weighted by Crippen LogP contribution is 2.18. The third-order valence-electron chi connectivity index (χ3n) is 3.09. The first-order chi connectivity index (χ1) is 11.0. The fourth-order valence-electron chi connectivity index (χ4n) is 1.95. The maximum Gasteiger partial charge on any atom is 0.280 e. The average molecular weight is 332 g/mol. The molecule has 3 rings (SSSR count). The number of aromatic nitrogens is 3. The van der Waals surface area contributed by atoms with Crippen molar-refractivity contribution in [3.05, 3.63) is 65.1 Å². The Morgan fingerprint density at radius 3 is 2.43 bits per heavy atom. The molecule has 0 fully saturated rings. The minimum absolute atomic E-state index is 0.0238. The topological polar surface area (TPSA) is 85.8 Å². The van der Waals surface area contributed by atoms with Crippen LogP contribution in [0.4, 0.5) is 15.9 Å². The normalized spacial score (nSPS) is 10.5. The summed E-state index contributed by atoms with van der Waals surface area (Å²) in [5.74, 6) is -0.825. The lowest BCUT2D eigenvalue weighted by molar-refractivity contribution is 0.102. The van der Waals surface area contributed by atoms with Gasteiger partial charge in [-0.25, -0.2) is 4.39 Å². The molecule has 0 aliphatic carbocycles. The van der Waals surface area contributed by atoms with Gasteiger partial charge in [-0.15, -0.1) is 5.10 Å². The van der Waals surface area contributed by atoms with Crippen LogP contribution in [0.5, 0.6) is 0 Å². The number of nitrogens with zero attached hydrogens (tertiary/aromatic N) is 3. The Labute approximate surface area is 135 Å². The van der Waals surface area contributed by atoms with Crippen molar-refractivity contribution in [3.8, 4) is 5.69 Å². The van der Waals surface area contributed by atoms with E-state index in [4.69, 9.17) is 17.3 Å². The van der Waals surface area contributed by atoms with Crippen molar-refractivity contribution in [1.82, 2.24) is 15.0 Å². The van der Waals surface area contributed by atoms with Crippen molar-refractivity contribution in [2.45, 2.75) is 0 Å². The summed E-state index contributed by atoms with van der Waals surface area (Å²) < 4.78 is 14.2. The van der Waals surface area contributed by atoms with Crippen LogP contribution in [0.15, 0.2) is 48.5 Å². The molecule has 8 heteroatoms. The van der Waals surface area contributed by atoms with E-state index in [1.54, 1.807) is 24.3 Å². The lowest BCUT2D eigenvalue weighted by atomic mass is 10.3. The number of hydrogen-bond acceptors (Lipinski definition) is 4. The summed E-state index contributed by atoms with van der Waals surface area (Å²) in [7, 11) is 0. The molecular formula is C15H11ClFN5O. The number of anilines is 2. The first-order valence-corrected chi connectivity index (χ1v) is 6.96. The molecule has 0 atom stereocenters. The predicted molar refractivity (Wildman–Crippen MR) is 85.1 cm³/mol. The zero-order valence-electron chi connectivity index (χ0n) is 11.7. The fraction of sp³-hybridized carbons (Fsp3) is 0. The number of rotatable bonds is 3. The molecule has 23 heavy (non-hydrogen) atoms. The van der Waals surface area contributed by atoms with E-state index in [2.05, 4.69) is 15.6 Å². The van der Waals surface area contributed by atoms with Gasteiger partial charge in [0.1, 0.15) is 5.82 Å². The first kappa shape index (κ1) is 15.0. The van der Waals surface area contributed by atoms with Gasteiger partial charge in [-0.3, -0.25) is 4.79 Å². The van der Waals surface area contributed by atoms with Crippen LogP contribution in [0.3, 0.4) is 0 Å². The van der Waals surface area contributed by atoms with Crippen LogP contribution in [0.2, 0.25) is 5.02 Å². The number of nitrogens with two attached hydrogens (primary N) is 1. The molecule has 1 amide bonds. The van der Waals surface area contributed by atoms with Gasteiger partial charge >= 0.3 is 0 Å². The van der Waals surface area contributed by atoms with Gasteiger partial charge in [-0.05, 0) is 48.5 Å². The summed E-state index contributed by atoms with van der Waals surface area (Å²) in [6.45, 7) is 0. The molecule has 0 bridgehead atoms. The van der Waals surface area contributed by atoms with Gasteiger partial charge in [0, 0.05) is 10.7 Å². The molecule has 1 heterocycles. The second kappa shape index (κ2) is 6.05. The van der Waals surface area contributed by atoms with Gasteiger partial charge in [-0.1, -0.05) is 16.8 Å². The third kappa shape index (κ3) is 3.14. The zero-order chi connectivity index (χ0) is 16.4. The van der Waals surface area contributed by atoms with E-state index in [1.165, 1.54) is 28.9 Å².